The molecule has 0 saturated heterocycles. The molecule has 0 unspecified atom stereocenters. The van der Waals surface area contributed by atoms with Crippen LogP contribution >= 0.6 is 11.6 Å². The minimum absolute atomic E-state index is 0.147. The van der Waals surface area contributed by atoms with E-state index in [4.69, 9.17) is 16.7 Å². The summed E-state index contributed by atoms with van der Waals surface area (Å²) in [4.78, 5) is 5.27. The predicted octanol–water partition coefficient (Wildman–Crippen LogP) is 1.79. The maximum absolute atomic E-state index is 12.2. The van der Waals surface area contributed by atoms with Gasteiger partial charge in [-0.3, -0.25) is 4.90 Å². The van der Waals surface area contributed by atoms with Gasteiger partial charge < -0.3 is 5.11 Å². The first kappa shape index (κ1) is 13.3. The fourth-order valence-corrected chi connectivity index (χ4v) is 1.57. The second kappa shape index (κ2) is 6.73. The van der Waals surface area contributed by atoms with E-state index in [1.165, 1.54) is 11.1 Å². The Labute approximate surface area is 97.7 Å². The molecule has 0 aliphatic carbocycles. The summed E-state index contributed by atoms with van der Waals surface area (Å²) >= 11 is 5.68. The lowest BCUT2D eigenvalue weighted by Crippen LogP contribution is -2.31. The normalized spacial score (nSPS) is 11.4. The van der Waals surface area contributed by atoms with E-state index in [2.05, 4.69) is 4.98 Å². The molecule has 1 aromatic rings. The Hall–Kier alpha value is -0.780. The van der Waals surface area contributed by atoms with Crippen LogP contribution in [0.25, 0.3) is 0 Å². The second-order valence-corrected chi connectivity index (χ2v) is 3.72. The molecule has 1 rings (SSSR count). The summed E-state index contributed by atoms with van der Waals surface area (Å²) in [6.45, 7) is 0.0312. The van der Waals surface area contributed by atoms with Crippen LogP contribution in [0.2, 0.25) is 5.15 Å². The number of nitrogens with zero attached hydrogens (tertiary/aromatic N) is 2. The van der Waals surface area contributed by atoms with Gasteiger partial charge in [-0.1, -0.05) is 11.6 Å². The van der Waals surface area contributed by atoms with E-state index < -0.39 is 6.43 Å². The number of alkyl halides is 2. The number of rotatable bonds is 6. The van der Waals surface area contributed by atoms with Crippen molar-refractivity contribution in [3.63, 3.8) is 0 Å². The number of aliphatic hydroxyl groups is 1. The van der Waals surface area contributed by atoms with Crippen LogP contribution in [0.5, 0.6) is 0 Å². The molecule has 3 nitrogen and oxygen atoms in total. The molecule has 0 aliphatic rings. The molecule has 0 spiro atoms. The third-order valence-corrected chi connectivity index (χ3v) is 2.22. The van der Waals surface area contributed by atoms with E-state index in [9.17, 15) is 8.78 Å². The van der Waals surface area contributed by atoms with Crippen LogP contribution < -0.4 is 0 Å². The molecule has 0 saturated carbocycles. The lowest BCUT2D eigenvalue weighted by Gasteiger charge is -2.20. The SMILES string of the molecule is OCCN(Cc1ccnc(Cl)c1)CC(F)F. The van der Waals surface area contributed by atoms with Gasteiger partial charge in [0.25, 0.3) is 6.43 Å². The largest absolute Gasteiger partial charge is 0.395 e. The number of hydrogen-bond acceptors (Lipinski definition) is 3. The van der Waals surface area contributed by atoms with Gasteiger partial charge in [0, 0.05) is 19.3 Å². The van der Waals surface area contributed by atoms with Crippen LogP contribution in [0.4, 0.5) is 8.78 Å². The number of halogens is 3. The van der Waals surface area contributed by atoms with Crippen LogP contribution in [0, 0.1) is 0 Å². The van der Waals surface area contributed by atoms with Crippen LogP contribution in [-0.4, -0.2) is 41.1 Å². The molecule has 90 valence electrons. The summed E-state index contributed by atoms with van der Waals surface area (Å²) in [6, 6.07) is 3.33. The fourth-order valence-electron chi connectivity index (χ4n) is 1.37. The Morgan fingerprint density at radius 3 is 2.81 bits per heavy atom. The van der Waals surface area contributed by atoms with Crippen LogP contribution in [0.1, 0.15) is 5.56 Å². The topological polar surface area (TPSA) is 36.4 Å². The van der Waals surface area contributed by atoms with E-state index in [0.717, 1.165) is 5.56 Å². The Morgan fingerprint density at radius 2 is 2.25 bits per heavy atom. The van der Waals surface area contributed by atoms with Gasteiger partial charge in [0.15, 0.2) is 0 Å². The van der Waals surface area contributed by atoms with Crippen molar-refractivity contribution in [3.05, 3.63) is 29.0 Å². The standard InChI is InChI=1S/C10H13ClF2N2O/c11-9-5-8(1-2-14-9)6-15(3-4-16)7-10(12)13/h1-2,5,10,16H,3-4,6-7H2. The van der Waals surface area contributed by atoms with Crippen molar-refractivity contribution in [2.45, 2.75) is 13.0 Å². The molecule has 0 atom stereocenters. The number of hydrogen-bond donors (Lipinski definition) is 1. The van der Waals surface area contributed by atoms with E-state index in [1.54, 1.807) is 12.1 Å². The van der Waals surface area contributed by atoms with Crippen molar-refractivity contribution in [3.8, 4) is 0 Å². The zero-order valence-electron chi connectivity index (χ0n) is 8.61. The van der Waals surface area contributed by atoms with Crippen LogP contribution in [0.15, 0.2) is 18.3 Å². The third kappa shape index (κ3) is 4.83. The smallest absolute Gasteiger partial charge is 0.251 e. The average molecular weight is 251 g/mol. The van der Waals surface area contributed by atoms with Crippen LogP contribution in [0.3, 0.4) is 0 Å². The summed E-state index contributed by atoms with van der Waals surface area (Å²) < 4.78 is 24.5. The van der Waals surface area contributed by atoms with Gasteiger partial charge in [0.2, 0.25) is 0 Å². The maximum Gasteiger partial charge on any atom is 0.251 e. The Balaban J connectivity index is 2.60. The molecule has 1 N–H and O–H groups in total. The first-order valence-electron chi connectivity index (χ1n) is 4.83. The zero-order valence-corrected chi connectivity index (χ0v) is 9.37. The van der Waals surface area contributed by atoms with Crippen molar-refractivity contribution >= 4 is 11.6 Å². The molecule has 0 radical (unpaired) electrons. The molecule has 16 heavy (non-hydrogen) atoms. The van der Waals surface area contributed by atoms with Crippen molar-refractivity contribution in [2.75, 3.05) is 19.7 Å². The highest BCUT2D eigenvalue weighted by atomic mass is 35.5. The summed E-state index contributed by atoms with van der Waals surface area (Å²) in [5, 5.41) is 9.09. The van der Waals surface area contributed by atoms with Gasteiger partial charge >= 0.3 is 0 Å². The molecule has 0 aromatic carbocycles. The molecule has 6 heteroatoms. The number of pyridine rings is 1. The summed E-state index contributed by atoms with van der Waals surface area (Å²) in [5.41, 5.74) is 0.800. The monoisotopic (exact) mass is 250 g/mol. The highest BCUT2D eigenvalue weighted by Crippen LogP contribution is 2.10. The average Bonchev–Trinajstić information content (AvgIpc) is 2.16. The van der Waals surface area contributed by atoms with Crippen molar-refractivity contribution < 1.29 is 13.9 Å². The number of aromatic nitrogens is 1. The highest BCUT2D eigenvalue weighted by Gasteiger charge is 2.12. The zero-order chi connectivity index (χ0) is 12.0. The van der Waals surface area contributed by atoms with Gasteiger partial charge in [-0.25, -0.2) is 13.8 Å². The molecule has 0 aliphatic heterocycles. The molecular weight excluding hydrogens is 238 g/mol. The van der Waals surface area contributed by atoms with E-state index in [0.29, 0.717) is 11.7 Å². The highest BCUT2D eigenvalue weighted by molar-refractivity contribution is 6.29. The molecule has 1 aromatic heterocycles. The summed E-state index contributed by atoms with van der Waals surface area (Å²) in [7, 11) is 0. The quantitative estimate of drug-likeness (QED) is 0.782. The molecule has 0 amide bonds. The first-order valence-corrected chi connectivity index (χ1v) is 5.21. The van der Waals surface area contributed by atoms with Gasteiger partial charge in [0.1, 0.15) is 5.15 Å². The second-order valence-electron chi connectivity index (χ2n) is 3.34. The maximum atomic E-state index is 12.2. The fraction of sp³-hybridized carbons (Fsp3) is 0.500. The van der Waals surface area contributed by atoms with Crippen molar-refractivity contribution in [2.24, 2.45) is 0 Å². The Kier molecular flexibility index (Phi) is 5.59. The molecular formula is C10H13ClF2N2O. The van der Waals surface area contributed by atoms with Crippen molar-refractivity contribution in [1.82, 2.24) is 9.88 Å². The minimum Gasteiger partial charge on any atom is -0.395 e. The molecule has 0 bridgehead atoms. The summed E-state index contributed by atoms with van der Waals surface area (Å²) in [6.07, 6.45) is -0.888. The van der Waals surface area contributed by atoms with Gasteiger partial charge in [-0.2, -0.15) is 0 Å². The van der Waals surface area contributed by atoms with Gasteiger partial charge in [-0.05, 0) is 17.7 Å². The van der Waals surface area contributed by atoms with Gasteiger partial charge in [0.05, 0.1) is 13.2 Å². The lowest BCUT2D eigenvalue weighted by molar-refractivity contribution is 0.0746. The Morgan fingerprint density at radius 1 is 1.50 bits per heavy atom. The first-order chi connectivity index (χ1) is 7.61. The summed E-state index contributed by atoms with van der Waals surface area (Å²) in [5.74, 6) is 0. The van der Waals surface area contributed by atoms with E-state index >= 15 is 0 Å². The molecule has 1 heterocycles. The van der Waals surface area contributed by atoms with E-state index in [-0.39, 0.29) is 19.7 Å². The number of aliphatic hydroxyl groups excluding tert-OH is 1. The third-order valence-electron chi connectivity index (χ3n) is 2.01. The van der Waals surface area contributed by atoms with Gasteiger partial charge in [-0.15, -0.1) is 0 Å². The van der Waals surface area contributed by atoms with E-state index in [1.807, 2.05) is 0 Å². The predicted molar refractivity (Wildman–Crippen MR) is 57.6 cm³/mol. The molecule has 0 fully saturated rings. The minimum atomic E-state index is -2.41. The lowest BCUT2D eigenvalue weighted by atomic mass is 10.2. The van der Waals surface area contributed by atoms with Crippen molar-refractivity contribution in [1.29, 1.82) is 0 Å². The van der Waals surface area contributed by atoms with Crippen LogP contribution in [-0.2, 0) is 6.54 Å². The Bertz CT molecular complexity index is 325.